The van der Waals surface area contributed by atoms with Gasteiger partial charge in [-0.15, -0.1) is 11.3 Å². The van der Waals surface area contributed by atoms with Crippen molar-refractivity contribution >= 4 is 34.1 Å². The van der Waals surface area contributed by atoms with Crippen molar-refractivity contribution in [1.82, 2.24) is 4.90 Å². The summed E-state index contributed by atoms with van der Waals surface area (Å²) in [5.74, 6) is -0.630. The zero-order valence-electron chi connectivity index (χ0n) is 14.8. The quantitative estimate of drug-likeness (QED) is 0.769. The first-order valence-corrected chi connectivity index (χ1v) is 9.55. The molecule has 8 heteroatoms. The summed E-state index contributed by atoms with van der Waals surface area (Å²) in [5, 5.41) is 12.5. The molecule has 26 heavy (non-hydrogen) atoms. The van der Waals surface area contributed by atoms with Gasteiger partial charge >= 0.3 is 5.97 Å². The smallest absolute Gasteiger partial charge is 0.348 e. The molecular weight excluding hydrogens is 354 g/mol. The van der Waals surface area contributed by atoms with E-state index >= 15 is 0 Å². The number of anilines is 1. The topological polar surface area (TPSA) is 99.5 Å². The van der Waals surface area contributed by atoms with E-state index in [0.717, 1.165) is 30.7 Å². The molecule has 2 amide bonds. The lowest BCUT2D eigenvalue weighted by Gasteiger charge is -2.15. The number of nitriles is 1. The minimum Gasteiger partial charge on any atom is -0.462 e. The van der Waals surface area contributed by atoms with Gasteiger partial charge in [0.25, 0.3) is 0 Å². The SMILES string of the molecule is CCOC(=O)c1sc(NC(=O)[C@H]2CC(=O)N(CC3CC3)C2)c(C#N)c1C. The molecular formula is C18H21N3O4S. The Labute approximate surface area is 155 Å². The number of rotatable bonds is 6. The fourth-order valence-corrected chi connectivity index (χ4v) is 4.13. The number of carbonyl (C=O) groups excluding carboxylic acids is 3. The van der Waals surface area contributed by atoms with Crippen molar-refractivity contribution in [3.05, 3.63) is 16.0 Å². The van der Waals surface area contributed by atoms with E-state index in [4.69, 9.17) is 4.74 Å². The highest BCUT2D eigenvalue weighted by Crippen LogP contribution is 2.35. The number of nitrogens with one attached hydrogen (secondary N) is 1. The normalized spacial score (nSPS) is 19.3. The predicted octanol–water partition coefficient (Wildman–Crippen LogP) is 2.30. The molecule has 2 fully saturated rings. The molecule has 1 aromatic heterocycles. The minimum absolute atomic E-state index is 0.00660. The Hall–Kier alpha value is -2.40. The van der Waals surface area contributed by atoms with Crippen LogP contribution in [-0.2, 0) is 14.3 Å². The van der Waals surface area contributed by atoms with E-state index in [9.17, 15) is 19.6 Å². The molecule has 0 aromatic carbocycles. The number of likely N-dealkylation sites (tertiary alicyclic amines) is 1. The van der Waals surface area contributed by atoms with Crippen LogP contribution >= 0.6 is 11.3 Å². The largest absolute Gasteiger partial charge is 0.462 e. The van der Waals surface area contributed by atoms with Crippen LogP contribution in [0.3, 0.4) is 0 Å². The number of amides is 2. The number of hydrogen-bond donors (Lipinski definition) is 1. The first-order chi connectivity index (χ1) is 12.4. The molecule has 1 aromatic rings. The van der Waals surface area contributed by atoms with E-state index in [2.05, 4.69) is 5.32 Å². The fourth-order valence-electron chi connectivity index (χ4n) is 3.08. The van der Waals surface area contributed by atoms with Crippen LogP contribution in [-0.4, -0.2) is 42.4 Å². The zero-order chi connectivity index (χ0) is 18.8. The first-order valence-electron chi connectivity index (χ1n) is 8.73. The van der Waals surface area contributed by atoms with Gasteiger partial charge in [-0.3, -0.25) is 9.59 Å². The number of nitrogens with zero attached hydrogens (tertiary/aromatic N) is 2. The molecule has 1 aliphatic heterocycles. The monoisotopic (exact) mass is 375 g/mol. The maximum atomic E-state index is 12.6. The van der Waals surface area contributed by atoms with Gasteiger partial charge in [-0.05, 0) is 38.2 Å². The fraction of sp³-hybridized carbons (Fsp3) is 0.556. The minimum atomic E-state index is -0.501. The lowest BCUT2D eigenvalue weighted by molar-refractivity contribution is -0.128. The van der Waals surface area contributed by atoms with E-state index in [1.807, 2.05) is 6.07 Å². The van der Waals surface area contributed by atoms with Gasteiger partial charge in [-0.1, -0.05) is 0 Å². The number of hydrogen-bond acceptors (Lipinski definition) is 6. The number of ether oxygens (including phenoxy) is 1. The van der Waals surface area contributed by atoms with Gasteiger partial charge in [-0.25, -0.2) is 4.79 Å². The molecule has 1 aliphatic carbocycles. The van der Waals surface area contributed by atoms with Crippen molar-refractivity contribution in [2.24, 2.45) is 11.8 Å². The van der Waals surface area contributed by atoms with Crippen LogP contribution in [0.2, 0.25) is 0 Å². The summed E-state index contributed by atoms with van der Waals surface area (Å²) in [4.78, 5) is 38.7. The van der Waals surface area contributed by atoms with Gasteiger partial charge in [0.1, 0.15) is 15.9 Å². The lowest BCUT2D eigenvalue weighted by Crippen LogP contribution is -2.29. The third kappa shape index (κ3) is 3.73. The predicted molar refractivity (Wildman–Crippen MR) is 95.8 cm³/mol. The highest BCUT2D eigenvalue weighted by Gasteiger charge is 2.37. The number of carbonyl (C=O) groups is 3. The molecule has 138 valence electrons. The van der Waals surface area contributed by atoms with Crippen molar-refractivity contribution in [3.63, 3.8) is 0 Å². The van der Waals surface area contributed by atoms with E-state index < -0.39 is 11.9 Å². The first kappa shape index (κ1) is 18.4. The maximum Gasteiger partial charge on any atom is 0.348 e. The highest BCUT2D eigenvalue weighted by molar-refractivity contribution is 7.18. The summed E-state index contributed by atoms with van der Waals surface area (Å²) in [7, 11) is 0. The molecule has 1 N–H and O–H groups in total. The van der Waals surface area contributed by atoms with E-state index in [1.165, 1.54) is 0 Å². The molecule has 0 bridgehead atoms. The molecule has 7 nitrogen and oxygen atoms in total. The number of esters is 1. The third-order valence-corrected chi connectivity index (χ3v) is 5.90. The van der Waals surface area contributed by atoms with Crippen LogP contribution in [0.1, 0.15) is 47.0 Å². The van der Waals surface area contributed by atoms with Gasteiger partial charge in [0, 0.05) is 19.5 Å². The Morgan fingerprint density at radius 2 is 2.15 bits per heavy atom. The van der Waals surface area contributed by atoms with E-state index in [1.54, 1.807) is 18.7 Å². The molecule has 2 heterocycles. The van der Waals surface area contributed by atoms with Crippen LogP contribution in [0.25, 0.3) is 0 Å². The molecule has 0 spiro atoms. The molecule has 1 atom stereocenters. The Balaban J connectivity index is 1.71. The highest BCUT2D eigenvalue weighted by atomic mass is 32.1. The molecule has 1 saturated carbocycles. The summed E-state index contributed by atoms with van der Waals surface area (Å²) in [6.07, 6.45) is 2.49. The molecule has 1 saturated heterocycles. The van der Waals surface area contributed by atoms with Crippen molar-refractivity contribution in [1.29, 1.82) is 5.26 Å². The molecule has 2 aliphatic rings. The van der Waals surface area contributed by atoms with E-state index in [0.29, 0.717) is 27.9 Å². The number of thiophene rings is 1. The summed E-state index contributed by atoms with van der Waals surface area (Å²) in [6.45, 7) is 4.75. The second kappa shape index (κ2) is 7.46. The average Bonchev–Trinajstić information content (AvgIpc) is 3.26. The maximum absolute atomic E-state index is 12.6. The van der Waals surface area contributed by atoms with E-state index in [-0.39, 0.29) is 30.4 Å². The van der Waals surface area contributed by atoms with Gasteiger partial charge in [0.15, 0.2) is 0 Å². The Morgan fingerprint density at radius 3 is 2.77 bits per heavy atom. The summed E-state index contributed by atoms with van der Waals surface area (Å²) >= 11 is 1.04. The Morgan fingerprint density at radius 1 is 1.42 bits per heavy atom. The van der Waals surface area contributed by atoms with Gasteiger partial charge in [-0.2, -0.15) is 5.26 Å². The average molecular weight is 375 g/mol. The van der Waals surface area contributed by atoms with Crippen molar-refractivity contribution in [2.75, 3.05) is 25.0 Å². The van der Waals surface area contributed by atoms with Crippen LogP contribution < -0.4 is 5.32 Å². The summed E-state index contributed by atoms with van der Waals surface area (Å²) < 4.78 is 5.00. The van der Waals surface area contributed by atoms with Crippen molar-refractivity contribution in [3.8, 4) is 6.07 Å². The zero-order valence-corrected chi connectivity index (χ0v) is 15.6. The van der Waals surface area contributed by atoms with Gasteiger partial charge < -0.3 is 15.0 Å². The van der Waals surface area contributed by atoms with Crippen LogP contribution in [0.5, 0.6) is 0 Å². The summed E-state index contributed by atoms with van der Waals surface area (Å²) in [5.41, 5.74) is 0.773. The van der Waals surface area contributed by atoms with Gasteiger partial charge in [0.2, 0.25) is 11.8 Å². The Kier molecular flexibility index (Phi) is 5.28. The standard InChI is InChI=1S/C18H21N3O4S/c1-3-25-18(24)15-10(2)13(7-19)17(26-15)20-16(23)12-6-14(22)21(9-12)8-11-4-5-11/h11-12H,3-6,8-9H2,1-2H3,(H,20,23)/t12-/m0/s1. The molecule has 0 radical (unpaired) electrons. The third-order valence-electron chi connectivity index (χ3n) is 4.72. The Bertz CT molecular complexity index is 791. The molecule has 0 unspecified atom stereocenters. The van der Waals surface area contributed by atoms with Crippen molar-refractivity contribution in [2.45, 2.75) is 33.1 Å². The second-order valence-electron chi connectivity index (χ2n) is 6.72. The van der Waals surface area contributed by atoms with Crippen LogP contribution in [0.4, 0.5) is 5.00 Å². The van der Waals surface area contributed by atoms with Crippen LogP contribution in [0, 0.1) is 30.1 Å². The van der Waals surface area contributed by atoms with Crippen LogP contribution in [0.15, 0.2) is 0 Å². The summed E-state index contributed by atoms with van der Waals surface area (Å²) in [6, 6.07) is 2.04. The molecule has 3 rings (SSSR count). The van der Waals surface area contributed by atoms with Crippen molar-refractivity contribution < 1.29 is 19.1 Å². The van der Waals surface area contributed by atoms with Gasteiger partial charge in [0.05, 0.1) is 18.1 Å². The second-order valence-corrected chi connectivity index (χ2v) is 7.75. The lowest BCUT2D eigenvalue weighted by atomic mass is 10.1.